The van der Waals surface area contributed by atoms with E-state index < -0.39 is 0 Å². The highest BCUT2D eigenvalue weighted by Crippen LogP contribution is 2.15. The van der Waals surface area contributed by atoms with Gasteiger partial charge in [0.15, 0.2) is 0 Å². The van der Waals surface area contributed by atoms with Crippen LogP contribution in [0.1, 0.15) is 18.7 Å². The minimum atomic E-state index is -0.229. The molecule has 7 heteroatoms. The molecule has 0 bridgehead atoms. The van der Waals surface area contributed by atoms with Gasteiger partial charge in [0.1, 0.15) is 11.9 Å². The number of rotatable bonds is 6. The molecule has 1 saturated heterocycles. The minimum Gasteiger partial charge on any atom is -0.470 e. The molecule has 3 heterocycles. The van der Waals surface area contributed by atoms with Crippen LogP contribution < -0.4 is 10.1 Å². The SMILES string of the molecule is Cc1nccn1CCC(=O)N[C@@H]1CCOC[C@H]1Oc1ccccn1. The monoisotopic (exact) mass is 330 g/mol. The molecule has 1 aliphatic rings. The van der Waals surface area contributed by atoms with Crippen molar-refractivity contribution in [1.29, 1.82) is 0 Å². The molecule has 2 aromatic heterocycles. The van der Waals surface area contributed by atoms with E-state index in [2.05, 4.69) is 15.3 Å². The van der Waals surface area contributed by atoms with Crippen LogP contribution in [-0.4, -0.2) is 45.8 Å². The Morgan fingerprint density at radius 1 is 1.42 bits per heavy atom. The van der Waals surface area contributed by atoms with Gasteiger partial charge < -0.3 is 19.4 Å². The van der Waals surface area contributed by atoms with E-state index in [1.54, 1.807) is 18.5 Å². The van der Waals surface area contributed by atoms with Crippen LogP contribution in [0.3, 0.4) is 0 Å². The maximum absolute atomic E-state index is 12.3. The number of amides is 1. The van der Waals surface area contributed by atoms with Gasteiger partial charge in [-0.2, -0.15) is 0 Å². The summed E-state index contributed by atoms with van der Waals surface area (Å²) in [6.45, 7) is 3.61. The zero-order valence-electron chi connectivity index (χ0n) is 13.7. The van der Waals surface area contributed by atoms with Crippen LogP contribution in [0, 0.1) is 6.92 Å². The summed E-state index contributed by atoms with van der Waals surface area (Å²) < 4.78 is 13.3. The molecule has 2 atom stereocenters. The number of imidazole rings is 1. The molecule has 24 heavy (non-hydrogen) atoms. The third kappa shape index (κ3) is 4.32. The molecule has 0 unspecified atom stereocenters. The van der Waals surface area contributed by atoms with Gasteiger partial charge in [0.05, 0.1) is 12.6 Å². The van der Waals surface area contributed by atoms with Crippen LogP contribution in [0.2, 0.25) is 0 Å². The van der Waals surface area contributed by atoms with Crippen molar-refractivity contribution >= 4 is 5.91 Å². The average Bonchev–Trinajstić information content (AvgIpc) is 3.01. The molecule has 1 fully saturated rings. The van der Waals surface area contributed by atoms with Gasteiger partial charge in [0.2, 0.25) is 11.8 Å². The van der Waals surface area contributed by atoms with Crippen molar-refractivity contribution in [3.05, 3.63) is 42.6 Å². The van der Waals surface area contributed by atoms with Gasteiger partial charge in [-0.05, 0) is 19.4 Å². The van der Waals surface area contributed by atoms with Crippen molar-refractivity contribution in [2.45, 2.75) is 38.5 Å². The lowest BCUT2D eigenvalue weighted by Gasteiger charge is -2.32. The van der Waals surface area contributed by atoms with E-state index in [9.17, 15) is 4.79 Å². The van der Waals surface area contributed by atoms with Crippen LogP contribution in [-0.2, 0) is 16.1 Å². The Morgan fingerprint density at radius 2 is 2.33 bits per heavy atom. The van der Waals surface area contributed by atoms with Crippen LogP contribution in [0.25, 0.3) is 0 Å². The number of nitrogens with one attached hydrogen (secondary N) is 1. The summed E-state index contributed by atoms with van der Waals surface area (Å²) in [5.41, 5.74) is 0. The Morgan fingerprint density at radius 3 is 3.08 bits per heavy atom. The summed E-state index contributed by atoms with van der Waals surface area (Å²) in [7, 11) is 0. The molecule has 0 spiro atoms. The number of hydrogen-bond donors (Lipinski definition) is 1. The molecule has 0 radical (unpaired) electrons. The number of aryl methyl sites for hydroxylation is 2. The fourth-order valence-electron chi connectivity index (χ4n) is 2.71. The Balaban J connectivity index is 1.53. The molecule has 128 valence electrons. The number of hydrogen-bond acceptors (Lipinski definition) is 5. The molecule has 2 aromatic rings. The first-order valence-electron chi connectivity index (χ1n) is 8.15. The van der Waals surface area contributed by atoms with Crippen molar-refractivity contribution in [3.8, 4) is 5.88 Å². The van der Waals surface area contributed by atoms with Crippen LogP contribution in [0.5, 0.6) is 5.88 Å². The highest BCUT2D eigenvalue weighted by molar-refractivity contribution is 5.76. The Bertz CT molecular complexity index is 659. The van der Waals surface area contributed by atoms with E-state index in [1.165, 1.54) is 0 Å². The first-order chi connectivity index (χ1) is 11.7. The summed E-state index contributed by atoms with van der Waals surface area (Å²) in [5, 5.41) is 3.07. The summed E-state index contributed by atoms with van der Waals surface area (Å²) in [6.07, 6.45) is 6.21. The second kappa shape index (κ2) is 7.92. The Hall–Kier alpha value is -2.41. The highest BCUT2D eigenvalue weighted by atomic mass is 16.5. The molecule has 1 aliphatic heterocycles. The molecule has 0 saturated carbocycles. The lowest BCUT2D eigenvalue weighted by molar-refractivity contribution is -0.124. The third-order valence-corrected chi connectivity index (χ3v) is 4.06. The van der Waals surface area contributed by atoms with Gasteiger partial charge >= 0.3 is 0 Å². The molecule has 0 aliphatic carbocycles. The van der Waals surface area contributed by atoms with Crippen molar-refractivity contribution in [2.75, 3.05) is 13.2 Å². The van der Waals surface area contributed by atoms with Crippen LogP contribution in [0.15, 0.2) is 36.8 Å². The summed E-state index contributed by atoms with van der Waals surface area (Å²) in [5.74, 6) is 1.45. The van der Waals surface area contributed by atoms with Gasteiger partial charge in [0.25, 0.3) is 0 Å². The summed E-state index contributed by atoms with van der Waals surface area (Å²) in [6, 6.07) is 5.43. The van der Waals surface area contributed by atoms with Gasteiger partial charge in [-0.1, -0.05) is 6.07 Å². The van der Waals surface area contributed by atoms with Crippen molar-refractivity contribution in [3.63, 3.8) is 0 Å². The fraction of sp³-hybridized carbons (Fsp3) is 0.471. The van der Waals surface area contributed by atoms with Crippen molar-refractivity contribution in [2.24, 2.45) is 0 Å². The first-order valence-corrected chi connectivity index (χ1v) is 8.15. The highest BCUT2D eigenvalue weighted by Gasteiger charge is 2.29. The number of nitrogens with zero attached hydrogens (tertiary/aromatic N) is 3. The van der Waals surface area contributed by atoms with E-state index in [4.69, 9.17) is 9.47 Å². The topological polar surface area (TPSA) is 78.3 Å². The third-order valence-electron chi connectivity index (χ3n) is 4.06. The molecular formula is C17H22N4O3. The quantitative estimate of drug-likeness (QED) is 0.864. The smallest absolute Gasteiger partial charge is 0.222 e. The van der Waals surface area contributed by atoms with E-state index in [0.29, 0.717) is 32.1 Å². The molecule has 3 rings (SSSR count). The van der Waals surface area contributed by atoms with E-state index in [1.807, 2.05) is 29.8 Å². The summed E-state index contributed by atoms with van der Waals surface area (Å²) in [4.78, 5) is 20.6. The fourth-order valence-corrected chi connectivity index (χ4v) is 2.71. The molecule has 0 aromatic carbocycles. The predicted molar refractivity (Wildman–Crippen MR) is 87.6 cm³/mol. The van der Waals surface area contributed by atoms with E-state index in [-0.39, 0.29) is 18.1 Å². The zero-order valence-corrected chi connectivity index (χ0v) is 13.7. The normalized spacial score (nSPS) is 20.5. The summed E-state index contributed by atoms with van der Waals surface area (Å²) >= 11 is 0. The van der Waals surface area contributed by atoms with E-state index in [0.717, 1.165) is 12.2 Å². The van der Waals surface area contributed by atoms with Crippen LogP contribution >= 0.6 is 0 Å². The van der Waals surface area contributed by atoms with Gasteiger partial charge in [0, 0.05) is 44.2 Å². The zero-order chi connectivity index (χ0) is 16.8. The molecule has 7 nitrogen and oxygen atoms in total. The Labute approximate surface area is 141 Å². The van der Waals surface area contributed by atoms with Gasteiger partial charge in [-0.15, -0.1) is 0 Å². The first kappa shape index (κ1) is 16.4. The second-order valence-electron chi connectivity index (χ2n) is 5.78. The van der Waals surface area contributed by atoms with E-state index >= 15 is 0 Å². The average molecular weight is 330 g/mol. The van der Waals surface area contributed by atoms with Crippen molar-refractivity contribution < 1.29 is 14.3 Å². The largest absolute Gasteiger partial charge is 0.470 e. The minimum absolute atomic E-state index is 0.00428. The molecule has 1 amide bonds. The number of carbonyl (C=O) groups is 1. The number of aromatic nitrogens is 3. The van der Waals surface area contributed by atoms with Gasteiger partial charge in [-0.25, -0.2) is 9.97 Å². The predicted octanol–water partition coefficient (Wildman–Crippen LogP) is 1.33. The second-order valence-corrected chi connectivity index (χ2v) is 5.78. The maximum atomic E-state index is 12.3. The number of pyridine rings is 1. The van der Waals surface area contributed by atoms with Crippen molar-refractivity contribution in [1.82, 2.24) is 19.9 Å². The van der Waals surface area contributed by atoms with Gasteiger partial charge in [-0.3, -0.25) is 4.79 Å². The number of ether oxygens (including phenoxy) is 2. The lowest BCUT2D eigenvalue weighted by atomic mass is 10.1. The number of carbonyl (C=O) groups excluding carboxylic acids is 1. The standard InChI is InChI=1S/C17H22N4O3/c1-13-18-8-10-21(13)9-5-16(22)20-14-6-11-23-12-15(14)24-17-4-2-3-7-19-17/h2-4,7-8,10,14-15H,5-6,9,11-12H2,1H3,(H,20,22)/t14-,15-/m1/s1. The lowest BCUT2D eigenvalue weighted by Crippen LogP contribution is -2.51. The van der Waals surface area contributed by atoms with Crippen LogP contribution in [0.4, 0.5) is 0 Å². The maximum Gasteiger partial charge on any atom is 0.222 e. The molecule has 1 N–H and O–H groups in total. The molecular weight excluding hydrogens is 308 g/mol. The Kier molecular flexibility index (Phi) is 5.43.